The van der Waals surface area contributed by atoms with Crippen molar-refractivity contribution < 1.29 is 9.53 Å². The second kappa shape index (κ2) is 8.22. The lowest BCUT2D eigenvalue weighted by atomic mass is 10.1. The van der Waals surface area contributed by atoms with Gasteiger partial charge in [0, 0.05) is 56.9 Å². The number of methoxy groups -OCH3 is 1. The lowest BCUT2D eigenvalue weighted by molar-refractivity contribution is -0.116. The summed E-state index contributed by atoms with van der Waals surface area (Å²) in [6.45, 7) is 5.02. The molecule has 5 rings (SSSR count). The van der Waals surface area contributed by atoms with E-state index in [4.69, 9.17) is 9.72 Å². The summed E-state index contributed by atoms with van der Waals surface area (Å²) in [5, 5.41) is 6.25. The molecule has 2 N–H and O–H groups in total. The fourth-order valence-corrected chi connectivity index (χ4v) is 4.65. The highest BCUT2D eigenvalue weighted by molar-refractivity contribution is 5.96. The summed E-state index contributed by atoms with van der Waals surface area (Å²) in [6, 6.07) is 6.40. The van der Waals surface area contributed by atoms with Crippen LogP contribution in [0.1, 0.15) is 19.3 Å². The number of benzene rings is 1. The first-order valence-electron chi connectivity index (χ1n) is 10.9. The third-order valence-electron chi connectivity index (χ3n) is 6.41. The van der Waals surface area contributed by atoms with Gasteiger partial charge in [0.1, 0.15) is 11.4 Å². The molecule has 31 heavy (non-hydrogen) atoms. The maximum atomic E-state index is 12.2. The Morgan fingerprint density at radius 3 is 2.84 bits per heavy atom. The van der Waals surface area contributed by atoms with Crippen molar-refractivity contribution in [1.29, 1.82) is 0 Å². The number of likely N-dealkylation sites (N-methyl/N-ethyl adjacent to an activating group) is 1. The van der Waals surface area contributed by atoms with Crippen LogP contribution in [0.3, 0.4) is 0 Å². The molecule has 2 saturated heterocycles. The van der Waals surface area contributed by atoms with Crippen LogP contribution in [0.25, 0.3) is 0 Å². The first-order valence-corrected chi connectivity index (χ1v) is 10.9. The fourth-order valence-electron chi connectivity index (χ4n) is 4.65. The summed E-state index contributed by atoms with van der Waals surface area (Å²) < 4.78 is 5.66. The second-order valence-electron chi connectivity index (χ2n) is 8.47. The number of carbonyl (C=O) groups is 1. The quantitative estimate of drug-likeness (QED) is 0.775. The van der Waals surface area contributed by atoms with Crippen LogP contribution in [0.4, 0.5) is 28.8 Å². The normalized spacial score (nSPS) is 21.2. The Hall–Kier alpha value is -3.07. The van der Waals surface area contributed by atoms with Gasteiger partial charge in [-0.05, 0) is 32.0 Å². The molecule has 0 aliphatic carbocycles. The predicted molar refractivity (Wildman–Crippen MR) is 122 cm³/mol. The van der Waals surface area contributed by atoms with E-state index in [9.17, 15) is 4.79 Å². The first-order chi connectivity index (χ1) is 15.1. The molecule has 9 heteroatoms. The Morgan fingerprint density at radius 2 is 2.03 bits per heavy atom. The van der Waals surface area contributed by atoms with Gasteiger partial charge in [0.2, 0.25) is 11.9 Å². The Kier molecular flexibility index (Phi) is 5.27. The molecule has 3 aliphatic heterocycles. The highest BCUT2D eigenvalue weighted by Crippen LogP contribution is 2.36. The molecule has 9 nitrogen and oxygen atoms in total. The number of carbonyl (C=O) groups excluding carboxylic acids is 1. The Morgan fingerprint density at radius 1 is 1.19 bits per heavy atom. The van der Waals surface area contributed by atoms with Gasteiger partial charge in [-0.1, -0.05) is 0 Å². The van der Waals surface area contributed by atoms with Gasteiger partial charge in [-0.2, -0.15) is 4.98 Å². The maximum Gasteiger partial charge on any atom is 0.229 e. The summed E-state index contributed by atoms with van der Waals surface area (Å²) in [6.07, 6.45) is 4.28. The summed E-state index contributed by atoms with van der Waals surface area (Å²) >= 11 is 0. The third-order valence-corrected chi connectivity index (χ3v) is 6.41. The smallest absolute Gasteiger partial charge is 0.229 e. The van der Waals surface area contributed by atoms with E-state index in [1.807, 2.05) is 6.07 Å². The van der Waals surface area contributed by atoms with Crippen LogP contribution in [0.15, 0.2) is 24.4 Å². The zero-order valence-corrected chi connectivity index (χ0v) is 18.1. The molecule has 1 unspecified atom stereocenters. The number of anilines is 5. The van der Waals surface area contributed by atoms with Gasteiger partial charge in [0.25, 0.3) is 0 Å². The van der Waals surface area contributed by atoms with Crippen LogP contribution in [0.2, 0.25) is 0 Å². The number of ether oxygens (including phenoxy) is 1. The predicted octanol–water partition coefficient (Wildman–Crippen LogP) is 2.29. The molecule has 2 aromatic rings. The molecule has 0 radical (unpaired) electrons. The van der Waals surface area contributed by atoms with Gasteiger partial charge in [0.05, 0.1) is 19.0 Å². The number of fused-ring (bicyclic) bond motifs is 3. The largest absolute Gasteiger partial charge is 0.494 e. The SMILES string of the molecule is COc1cc(N2CCN(C)CC2)ccc1Nc1ncc2c(n1)N1CCCC1CC(=O)N2. The topological polar surface area (TPSA) is 85.9 Å². The van der Waals surface area contributed by atoms with Crippen molar-refractivity contribution in [1.82, 2.24) is 14.9 Å². The highest BCUT2D eigenvalue weighted by Gasteiger charge is 2.33. The van der Waals surface area contributed by atoms with Crippen molar-refractivity contribution in [2.45, 2.75) is 25.3 Å². The summed E-state index contributed by atoms with van der Waals surface area (Å²) in [5.74, 6) is 2.06. The van der Waals surface area contributed by atoms with Crippen molar-refractivity contribution in [2.24, 2.45) is 0 Å². The monoisotopic (exact) mass is 423 g/mol. The molecule has 1 atom stereocenters. The van der Waals surface area contributed by atoms with Gasteiger partial charge in [-0.25, -0.2) is 4.98 Å². The maximum absolute atomic E-state index is 12.2. The molecule has 1 amide bonds. The molecule has 0 bridgehead atoms. The minimum Gasteiger partial charge on any atom is -0.494 e. The number of piperazine rings is 1. The molecule has 2 fully saturated rings. The third kappa shape index (κ3) is 3.97. The van der Waals surface area contributed by atoms with E-state index in [0.29, 0.717) is 18.1 Å². The van der Waals surface area contributed by atoms with E-state index < -0.39 is 0 Å². The molecule has 0 spiro atoms. The van der Waals surface area contributed by atoms with Crippen molar-refractivity contribution in [2.75, 3.05) is 67.3 Å². The first kappa shape index (κ1) is 19.9. The molecule has 1 aromatic heterocycles. The van der Waals surface area contributed by atoms with Crippen molar-refractivity contribution in [3.05, 3.63) is 24.4 Å². The number of aromatic nitrogens is 2. The number of hydrogen-bond donors (Lipinski definition) is 2. The summed E-state index contributed by atoms with van der Waals surface area (Å²) in [5.41, 5.74) is 2.65. The van der Waals surface area contributed by atoms with Gasteiger partial charge in [0.15, 0.2) is 5.82 Å². The Bertz CT molecular complexity index is 974. The average molecular weight is 424 g/mol. The molecular formula is C22H29N7O2. The lowest BCUT2D eigenvalue weighted by Gasteiger charge is -2.34. The van der Waals surface area contributed by atoms with Gasteiger partial charge in [-0.15, -0.1) is 0 Å². The highest BCUT2D eigenvalue weighted by atomic mass is 16.5. The lowest BCUT2D eigenvalue weighted by Crippen LogP contribution is -2.44. The van der Waals surface area contributed by atoms with Crippen molar-refractivity contribution in [3.8, 4) is 5.75 Å². The fraction of sp³-hybridized carbons (Fsp3) is 0.500. The number of rotatable bonds is 4. The van der Waals surface area contributed by atoms with E-state index in [1.54, 1.807) is 13.3 Å². The number of nitrogens with zero attached hydrogens (tertiary/aromatic N) is 5. The molecule has 164 valence electrons. The van der Waals surface area contributed by atoms with Crippen LogP contribution in [0, 0.1) is 0 Å². The zero-order chi connectivity index (χ0) is 21.4. The number of nitrogens with one attached hydrogen (secondary N) is 2. The van der Waals surface area contributed by atoms with E-state index in [0.717, 1.165) is 68.5 Å². The van der Waals surface area contributed by atoms with Crippen LogP contribution < -0.4 is 25.2 Å². The average Bonchev–Trinajstić information content (AvgIpc) is 3.18. The second-order valence-corrected chi connectivity index (χ2v) is 8.47. The Labute approximate surface area is 182 Å². The number of hydrogen-bond acceptors (Lipinski definition) is 8. The van der Waals surface area contributed by atoms with E-state index in [2.05, 4.69) is 49.5 Å². The van der Waals surface area contributed by atoms with E-state index >= 15 is 0 Å². The van der Waals surface area contributed by atoms with Crippen molar-refractivity contribution >= 4 is 34.7 Å². The molecule has 3 aliphatic rings. The van der Waals surface area contributed by atoms with Gasteiger partial charge < -0.3 is 30.1 Å². The Balaban J connectivity index is 1.39. The van der Waals surface area contributed by atoms with Crippen LogP contribution in [-0.2, 0) is 4.79 Å². The van der Waals surface area contributed by atoms with E-state index in [1.165, 1.54) is 0 Å². The van der Waals surface area contributed by atoms with Gasteiger partial charge >= 0.3 is 0 Å². The standard InChI is InChI=1S/C22H29N7O2/c1-27-8-10-28(11-9-27)15-5-6-17(19(12-15)31-2)25-22-23-14-18-21(26-22)29-7-3-4-16(29)13-20(30)24-18/h5-6,12,14,16H,3-4,7-11,13H2,1-2H3,(H,24,30)(H,23,25,26). The molecular weight excluding hydrogens is 394 g/mol. The van der Waals surface area contributed by atoms with Crippen LogP contribution in [-0.4, -0.2) is 73.7 Å². The zero-order valence-electron chi connectivity index (χ0n) is 18.1. The summed E-state index contributed by atoms with van der Waals surface area (Å²) in [7, 11) is 3.83. The van der Waals surface area contributed by atoms with E-state index in [-0.39, 0.29) is 11.9 Å². The van der Waals surface area contributed by atoms with Crippen molar-refractivity contribution in [3.63, 3.8) is 0 Å². The molecule has 4 heterocycles. The van der Waals surface area contributed by atoms with Gasteiger partial charge in [-0.3, -0.25) is 4.79 Å². The molecule has 1 aromatic carbocycles. The minimum atomic E-state index is 0.0288. The summed E-state index contributed by atoms with van der Waals surface area (Å²) in [4.78, 5) is 28.3. The molecule has 0 saturated carbocycles. The van der Waals surface area contributed by atoms with Crippen LogP contribution >= 0.6 is 0 Å². The minimum absolute atomic E-state index is 0.0288. The van der Waals surface area contributed by atoms with Crippen LogP contribution in [0.5, 0.6) is 5.75 Å². The number of amides is 1.